The van der Waals surface area contributed by atoms with Crippen LogP contribution in [0.4, 0.5) is 10.5 Å². The van der Waals surface area contributed by atoms with Gasteiger partial charge in [0.15, 0.2) is 0 Å². The molecule has 0 spiro atoms. The fourth-order valence-electron chi connectivity index (χ4n) is 3.68. The van der Waals surface area contributed by atoms with E-state index in [-0.39, 0.29) is 25.2 Å². The molecule has 0 aliphatic carbocycles. The minimum absolute atomic E-state index is 0.121. The van der Waals surface area contributed by atoms with Crippen molar-refractivity contribution in [2.24, 2.45) is 5.10 Å². The highest BCUT2D eigenvalue weighted by atomic mass is 35.5. The van der Waals surface area contributed by atoms with E-state index in [1.807, 2.05) is 41.3 Å². The summed E-state index contributed by atoms with van der Waals surface area (Å²) in [7, 11) is 0. The predicted molar refractivity (Wildman–Crippen MR) is 129 cm³/mol. The SMILES string of the molecule is O=C(CN1CCN(C(=O)OCc2ccccc2)CC1)NC1=NN(c2ccc(Cl)c(Cl)c2)CC1. The number of hydrazone groups is 1. The summed E-state index contributed by atoms with van der Waals surface area (Å²) in [6, 6.07) is 14.9. The van der Waals surface area contributed by atoms with Gasteiger partial charge in [0.05, 0.1) is 22.3 Å². The maximum Gasteiger partial charge on any atom is 0.410 e. The van der Waals surface area contributed by atoms with Crippen LogP contribution in [0, 0.1) is 0 Å². The number of piperazine rings is 1. The maximum atomic E-state index is 12.5. The molecule has 2 aromatic rings. The van der Waals surface area contributed by atoms with Crippen LogP contribution in [0.25, 0.3) is 0 Å². The lowest BCUT2D eigenvalue weighted by atomic mass is 10.2. The van der Waals surface area contributed by atoms with Crippen molar-refractivity contribution in [1.29, 1.82) is 0 Å². The van der Waals surface area contributed by atoms with Crippen molar-refractivity contribution in [1.82, 2.24) is 15.1 Å². The molecule has 2 aliphatic rings. The summed E-state index contributed by atoms with van der Waals surface area (Å²) in [5, 5.41) is 10.1. The molecular formula is C23H25Cl2N5O3. The van der Waals surface area contributed by atoms with Gasteiger partial charge < -0.3 is 15.0 Å². The Morgan fingerprint density at radius 3 is 2.45 bits per heavy atom. The number of nitrogens with zero attached hydrogens (tertiary/aromatic N) is 4. The van der Waals surface area contributed by atoms with Gasteiger partial charge in [0.25, 0.3) is 0 Å². The minimum atomic E-state index is -0.328. The van der Waals surface area contributed by atoms with E-state index in [4.69, 9.17) is 27.9 Å². The Morgan fingerprint density at radius 2 is 1.73 bits per heavy atom. The lowest BCUT2D eigenvalue weighted by Crippen LogP contribution is -2.51. The van der Waals surface area contributed by atoms with Crippen molar-refractivity contribution < 1.29 is 14.3 Å². The summed E-state index contributed by atoms with van der Waals surface area (Å²) in [6.45, 7) is 3.41. The molecular weight excluding hydrogens is 465 g/mol. The molecule has 2 aromatic carbocycles. The molecule has 2 heterocycles. The Hall–Kier alpha value is -2.81. The normalized spacial score (nSPS) is 16.5. The second-order valence-electron chi connectivity index (χ2n) is 7.87. The molecule has 1 fully saturated rings. The molecule has 2 aliphatic heterocycles. The van der Waals surface area contributed by atoms with Gasteiger partial charge in [0.1, 0.15) is 12.4 Å². The van der Waals surface area contributed by atoms with Crippen LogP contribution in [0.2, 0.25) is 10.0 Å². The van der Waals surface area contributed by atoms with E-state index in [0.717, 1.165) is 11.3 Å². The highest BCUT2D eigenvalue weighted by Crippen LogP contribution is 2.28. The van der Waals surface area contributed by atoms with Gasteiger partial charge in [-0.05, 0) is 23.8 Å². The van der Waals surface area contributed by atoms with Gasteiger partial charge in [-0.25, -0.2) is 4.79 Å². The Balaban J connectivity index is 1.19. The number of hydrogen-bond donors (Lipinski definition) is 1. The van der Waals surface area contributed by atoms with Crippen LogP contribution in [0.1, 0.15) is 12.0 Å². The van der Waals surface area contributed by atoms with Gasteiger partial charge in [-0.2, -0.15) is 5.10 Å². The van der Waals surface area contributed by atoms with Gasteiger partial charge in [-0.3, -0.25) is 14.7 Å². The summed E-state index contributed by atoms with van der Waals surface area (Å²) in [5.41, 5.74) is 1.78. The molecule has 0 radical (unpaired) electrons. The number of carbonyl (C=O) groups excluding carboxylic acids is 2. The first-order chi connectivity index (χ1) is 16.0. The van der Waals surface area contributed by atoms with Gasteiger partial charge >= 0.3 is 6.09 Å². The molecule has 174 valence electrons. The molecule has 0 atom stereocenters. The fraction of sp³-hybridized carbons (Fsp3) is 0.348. The number of benzene rings is 2. The average Bonchev–Trinajstić information content (AvgIpc) is 3.28. The van der Waals surface area contributed by atoms with Gasteiger partial charge in [0.2, 0.25) is 5.91 Å². The van der Waals surface area contributed by atoms with E-state index >= 15 is 0 Å². The third kappa shape index (κ3) is 6.37. The zero-order valence-corrected chi connectivity index (χ0v) is 19.6. The topological polar surface area (TPSA) is 77.5 Å². The molecule has 0 aromatic heterocycles. The predicted octanol–water partition coefficient (Wildman–Crippen LogP) is 3.59. The quantitative estimate of drug-likeness (QED) is 0.694. The molecule has 0 unspecified atom stereocenters. The number of carbonyl (C=O) groups is 2. The molecule has 2 amide bonds. The van der Waals surface area contributed by atoms with E-state index in [2.05, 4.69) is 10.4 Å². The van der Waals surface area contributed by atoms with Crippen LogP contribution in [-0.2, 0) is 16.1 Å². The number of nitrogens with one attached hydrogen (secondary N) is 1. The summed E-state index contributed by atoms with van der Waals surface area (Å²) in [6.07, 6.45) is 0.304. The average molecular weight is 490 g/mol. The highest BCUT2D eigenvalue weighted by Gasteiger charge is 2.24. The van der Waals surface area contributed by atoms with Crippen LogP contribution in [-0.4, -0.2) is 66.9 Å². The Kier molecular flexibility index (Phi) is 7.69. The molecule has 1 N–H and O–H groups in total. The van der Waals surface area contributed by atoms with Crippen LogP contribution in [0.15, 0.2) is 53.6 Å². The van der Waals surface area contributed by atoms with Crippen LogP contribution >= 0.6 is 23.2 Å². The van der Waals surface area contributed by atoms with Crippen molar-refractivity contribution in [2.45, 2.75) is 13.0 Å². The second-order valence-corrected chi connectivity index (χ2v) is 8.68. The third-order valence-corrected chi connectivity index (χ3v) is 6.23. The van der Waals surface area contributed by atoms with Gasteiger partial charge in [0, 0.05) is 39.1 Å². The van der Waals surface area contributed by atoms with E-state index in [1.54, 1.807) is 22.0 Å². The maximum absolute atomic E-state index is 12.5. The largest absolute Gasteiger partial charge is 0.445 e. The standard InChI is InChI=1S/C23H25Cl2N5O3/c24-19-7-6-18(14-20(19)25)30-9-8-21(27-30)26-22(31)15-28-10-12-29(13-11-28)23(32)33-16-17-4-2-1-3-5-17/h1-7,14H,8-13,15-16H2,(H,26,27,31). The lowest BCUT2D eigenvalue weighted by Gasteiger charge is -2.33. The molecule has 8 nitrogen and oxygen atoms in total. The lowest BCUT2D eigenvalue weighted by molar-refractivity contribution is -0.121. The van der Waals surface area contributed by atoms with Crippen molar-refractivity contribution in [3.63, 3.8) is 0 Å². The number of amides is 2. The first-order valence-corrected chi connectivity index (χ1v) is 11.5. The van der Waals surface area contributed by atoms with E-state index in [9.17, 15) is 9.59 Å². The Bertz CT molecular complexity index is 1030. The highest BCUT2D eigenvalue weighted by molar-refractivity contribution is 6.42. The Labute approximate surface area is 202 Å². The van der Waals surface area contributed by atoms with E-state index in [1.165, 1.54) is 0 Å². The van der Waals surface area contributed by atoms with Crippen molar-refractivity contribution in [3.8, 4) is 0 Å². The smallest absolute Gasteiger partial charge is 0.410 e. The summed E-state index contributed by atoms with van der Waals surface area (Å²) < 4.78 is 5.39. The Morgan fingerprint density at radius 1 is 0.970 bits per heavy atom. The first-order valence-electron chi connectivity index (χ1n) is 10.8. The molecule has 10 heteroatoms. The summed E-state index contributed by atoms with van der Waals surface area (Å²) in [4.78, 5) is 28.5. The van der Waals surface area contributed by atoms with Gasteiger partial charge in [-0.15, -0.1) is 0 Å². The van der Waals surface area contributed by atoms with Crippen LogP contribution < -0.4 is 10.3 Å². The van der Waals surface area contributed by atoms with Crippen LogP contribution in [0.3, 0.4) is 0 Å². The number of hydrogen-bond acceptors (Lipinski definition) is 6. The molecule has 0 bridgehead atoms. The monoisotopic (exact) mass is 489 g/mol. The molecule has 0 saturated carbocycles. The first kappa shape index (κ1) is 23.4. The number of anilines is 1. The second kappa shape index (κ2) is 10.9. The van der Waals surface area contributed by atoms with Crippen molar-refractivity contribution in [3.05, 3.63) is 64.1 Å². The number of ether oxygens (including phenoxy) is 1. The molecule has 33 heavy (non-hydrogen) atoms. The zero-order valence-electron chi connectivity index (χ0n) is 18.0. The molecule has 4 rings (SSSR count). The molecule has 1 saturated heterocycles. The zero-order chi connectivity index (χ0) is 23.2. The number of amidine groups is 1. The number of halogens is 2. The van der Waals surface area contributed by atoms with Crippen LogP contribution in [0.5, 0.6) is 0 Å². The minimum Gasteiger partial charge on any atom is -0.445 e. The van der Waals surface area contributed by atoms with Gasteiger partial charge in [-0.1, -0.05) is 53.5 Å². The summed E-state index contributed by atoms with van der Waals surface area (Å²) >= 11 is 12.1. The summed E-state index contributed by atoms with van der Waals surface area (Å²) in [5.74, 6) is 0.499. The van der Waals surface area contributed by atoms with Crippen molar-refractivity contribution in [2.75, 3.05) is 44.3 Å². The third-order valence-electron chi connectivity index (χ3n) is 5.49. The van der Waals surface area contributed by atoms with Crippen molar-refractivity contribution >= 4 is 46.7 Å². The number of rotatable bonds is 5. The van der Waals surface area contributed by atoms with E-state index in [0.29, 0.717) is 55.0 Å². The fourth-order valence-corrected chi connectivity index (χ4v) is 3.97. The van der Waals surface area contributed by atoms with E-state index < -0.39 is 0 Å².